The Hall–Kier alpha value is -4.47. The lowest BCUT2D eigenvalue weighted by Crippen LogP contribution is -2.25. The molecule has 41 heavy (non-hydrogen) atoms. The number of aliphatic imine (C=N–C) groups is 1. The Kier molecular flexibility index (Phi) is 7.92. The monoisotopic (exact) mass is 557 g/mol. The SMILES string of the molecule is C=C(N/C(C=NCC)=C(\C)CC)C1(C(=C)Nc2ccc(Oc3ccc4nc(NC(=O)C5CC5)cn4n3)c(F)c2)CC1. The summed E-state index contributed by atoms with van der Waals surface area (Å²) < 4.78 is 22.3. The third-order valence-corrected chi connectivity index (χ3v) is 7.52. The third kappa shape index (κ3) is 6.32. The second-order valence-corrected chi connectivity index (χ2v) is 10.6. The van der Waals surface area contributed by atoms with Crippen LogP contribution < -0.4 is 20.7 Å². The van der Waals surface area contributed by atoms with Crippen molar-refractivity contribution >= 4 is 29.3 Å². The van der Waals surface area contributed by atoms with E-state index in [0.29, 0.717) is 23.7 Å². The van der Waals surface area contributed by atoms with Crippen molar-refractivity contribution in [1.29, 1.82) is 0 Å². The minimum absolute atomic E-state index is 0.0302. The fraction of sp³-hybridized carbons (Fsp3) is 0.355. The minimum Gasteiger partial charge on any atom is -0.434 e. The normalized spacial score (nSPS) is 16.3. The van der Waals surface area contributed by atoms with Crippen molar-refractivity contribution in [3.05, 3.63) is 78.2 Å². The summed E-state index contributed by atoms with van der Waals surface area (Å²) in [6.45, 7) is 15.4. The number of hydrogen-bond donors (Lipinski definition) is 3. The van der Waals surface area contributed by atoms with Gasteiger partial charge in [-0.25, -0.2) is 13.9 Å². The van der Waals surface area contributed by atoms with Gasteiger partial charge in [-0.3, -0.25) is 9.79 Å². The maximum Gasteiger partial charge on any atom is 0.237 e. The summed E-state index contributed by atoms with van der Waals surface area (Å²) in [5.41, 5.74) is 4.51. The number of anilines is 2. The van der Waals surface area contributed by atoms with E-state index in [1.54, 1.807) is 30.5 Å². The second kappa shape index (κ2) is 11.6. The second-order valence-electron chi connectivity index (χ2n) is 10.6. The van der Waals surface area contributed by atoms with Crippen molar-refractivity contribution in [2.45, 2.75) is 52.9 Å². The number of aromatic nitrogens is 3. The molecule has 3 aromatic rings. The molecule has 2 aliphatic carbocycles. The van der Waals surface area contributed by atoms with Crippen LogP contribution in [0.2, 0.25) is 0 Å². The zero-order valence-corrected chi connectivity index (χ0v) is 23.8. The first-order valence-electron chi connectivity index (χ1n) is 14.0. The van der Waals surface area contributed by atoms with Crippen LogP contribution in [-0.2, 0) is 4.79 Å². The molecule has 3 N–H and O–H groups in total. The molecule has 0 bridgehead atoms. The maximum atomic E-state index is 15.1. The predicted molar refractivity (Wildman–Crippen MR) is 160 cm³/mol. The van der Waals surface area contributed by atoms with Gasteiger partial charge in [-0.2, -0.15) is 0 Å². The number of hydrogen-bond acceptors (Lipinski definition) is 7. The summed E-state index contributed by atoms with van der Waals surface area (Å²) >= 11 is 0. The first kappa shape index (κ1) is 28.1. The Morgan fingerprint density at radius 2 is 1.98 bits per heavy atom. The van der Waals surface area contributed by atoms with E-state index < -0.39 is 5.82 Å². The molecule has 9 nitrogen and oxygen atoms in total. The number of benzene rings is 1. The van der Waals surface area contributed by atoms with Crippen LogP contribution in [0, 0.1) is 17.2 Å². The van der Waals surface area contributed by atoms with Crippen LogP contribution in [0.15, 0.2) is 77.3 Å². The summed E-state index contributed by atoms with van der Waals surface area (Å²) in [6.07, 6.45) is 7.96. The largest absolute Gasteiger partial charge is 0.434 e. The average Bonchev–Trinajstić information content (AvgIpc) is 3.88. The highest BCUT2D eigenvalue weighted by atomic mass is 19.1. The number of allylic oxidation sites excluding steroid dienone is 2. The van der Waals surface area contributed by atoms with Crippen LogP contribution in [-0.4, -0.2) is 33.3 Å². The van der Waals surface area contributed by atoms with Gasteiger partial charge in [0.05, 0.1) is 11.9 Å². The van der Waals surface area contributed by atoms with Gasteiger partial charge in [-0.15, -0.1) is 5.10 Å². The summed E-state index contributed by atoms with van der Waals surface area (Å²) in [5.74, 6) is 0.126. The highest BCUT2D eigenvalue weighted by Crippen LogP contribution is 2.55. The van der Waals surface area contributed by atoms with E-state index in [1.165, 1.54) is 16.2 Å². The molecule has 2 fully saturated rings. The van der Waals surface area contributed by atoms with Crippen molar-refractivity contribution in [3.8, 4) is 11.6 Å². The number of nitrogens with one attached hydrogen (secondary N) is 3. The molecule has 1 amide bonds. The van der Waals surface area contributed by atoms with Gasteiger partial charge in [-0.05, 0) is 69.7 Å². The number of fused-ring (bicyclic) bond motifs is 1. The molecule has 2 aromatic heterocycles. The van der Waals surface area contributed by atoms with Crippen LogP contribution in [0.5, 0.6) is 11.6 Å². The fourth-order valence-electron chi connectivity index (χ4n) is 4.44. The first-order chi connectivity index (χ1) is 19.7. The van der Waals surface area contributed by atoms with E-state index in [0.717, 1.165) is 49.2 Å². The van der Waals surface area contributed by atoms with Crippen LogP contribution >= 0.6 is 0 Å². The number of ether oxygens (including phenoxy) is 1. The summed E-state index contributed by atoms with van der Waals surface area (Å²) in [6, 6.07) is 7.95. The van der Waals surface area contributed by atoms with Crippen LogP contribution in [0.4, 0.5) is 15.9 Å². The molecule has 0 unspecified atom stereocenters. The highest BCUT2D eigenvalue weighted by molar-refractivity contribution is 5.93. The molecule has 2 heterocycles. The quantitative estimate of drug-likeness (QED) is 0.205. The lowest BCUT2D eigenvalue weighted by molar-refractivity contribution is -0.117. The molecular weight excluding hydrogens is 521 g/mol. The summed E-state index contributed by atoms with van der Waals surface area (Å²) in [4.78, 5) is 20.8. The maximum absolute atomic E-state index is 15.1. The van der Waals surface area contributed by atoms with Crippen LogP contribution in [0.25, 0.3) is 5.65 Å². The van der Waals surface area contributed by atoms with Crippen molar-refractivity contribution in [1.82, 2.24) is 19.9 Å². The molecule has 0 aliphatic heterocycles. The summed E-state index contributed by atoms with van der Waals surface area (Å²) in [5, 5.41) is 13.9. The smallest absolute Gasteiger partial charge is 0.237 e. The molecule has 0 saturated heterocycles. The van der Waals surface area contributed by atoms with E-state index in [2.05, 4.69) is 58.0 Å². The molecule has 5 rings (SSSR count). The molecule has 0 radical (unpaired) electrons. The fourth-order valence-corrected chi connectivity index (χ4v) is 4.44. The minimum atomic E-state index is -0.547. The van der Waals surface area contributed by atoms with Gasteiger partial charge in [0.1, 0.15) is 0 Å². The Bertz CT molecular complexity index is 1560. The van der Waals surface area contributed by atoms with Gasteiger partial charge in [-0.1, -0.05) is 20.1 Å². The van der Waals surface area contributed by atoms with E-state index in [-0.39, 0.29) is 28.9 Å². The van der Waals surface area contributed by atoms with Gasteiger partial charge >= 0.3 is 0 Å². The summed E-state index contributed by atoms with van der Waals surface area (Å²) in [7, 11) is 0. The Labute approximate surface area is 239 Å². The Balaban J connectivity index is 1.23. The molecule has 0 atom stereocenters. The lowest BCUT2D eigenvalue weighted by atomic mass is 9.98. The first-order valence-corrected chi connectivity index (χ1v) is 14.0. The topological polar surface area (TPSA) is 105 Å². The Morgan fingerprint density at radius 3 is 2.63 bits per heavy atom. The number of imidazole rings is 1. The van der Waals surface area contributed by atoms with E-state index >= 15 is 4.39 Å². The van der Waals surface area contributed by atoms with Crippen molar-refractivity contribution < 1.29 is 13.9 Å². The predicted octanol–water partition coefficient (Wildman–Crippen LogP) is 6.59. The molecule has 10 heteroatoms. The van der Waals surface area contributed by atoms with Crippen LogP contribution in [0.1, 0.15) is 52.9 Å². The van der Waals surface area contributed by atoms with E-state index in [1.807, 2.05) is 13.1 Å². The van der Waals surface area contributed by atoms with Gasteiger partial charge in [0.15, 0.2) is 23.0 Å². The molecular formula is C31H36FN7O2. The van der Waals surface area contributed by atoms with Gasteiger partial charge in [0.2, 0.25) is 11.8 Å². The van der Waals surface area contributed by atoms with Crippen molar-refractivity contribution in [2.24, 2.45) is 16.3 Å². The average molecular weight is 558 g/mol. The van der Waals surface area contributed by atoms with Crippen molar-refractivity contribution in [2.75, 3.05) is 17.2 Å². The Morgan fingerprint density at radius 1 is 1.20 bits per heavy atom. The number of halogens is 1. The molecule has 214 valence electrons. The lowest BCUT2D eigenvalue weighted by Gasteiger charge is -2.25. The molecule has 2 aliphatic rings. The molecule has 2 saturated carbocycles. The van der Waals surface area contributed by atoms with Gasteiger partial charge in [0, 0.05) is 53.3 Å². The third-order valence-electron chi connectivity index (χ3n) is 7.52. The van der Waals surface area contributed by atoms with Crippen molar-refractivity contribution in [3.63, 3.8) is 0 Å². The number of amides is 1. The molecule has 1 aromatic carbocycles. The van der Waals surface area contributed by atoms with E-state index in [4.69, 9.17) is 4.74 Å². The number of nitrogens with zero attached hydrogens (tertiary/aromatic N) is 4. The zero-order chi connectivity index (χ0) is 29.1. The van der Waals surface area contributed by atoms with Gasteiger partial charge < -0.3 is 20.7 Å². The number of carbonyl (C=O) groups excluding carboxylic acids is 1. The standard InChI is InChI=1S/C31H36FN7O2/c1-6-19(3)25(17-33-7-2)35-21(5)31(14-15-31)20(4)34-23-10-11-26(24(32)16-23)41-29-13-12-28-36-27(18-39(28)38-29)37-30(40)22-8-9-22/h10-13,16-18,22,34-35H,4-9,14-15H2,1-3H3,(H,37,40)/b25-19+,33-17?. The number of rotatable bonds is 13. The van der Waals surface area contributed by atoms with Crippen LogP contribution in [0.3, 0.4) is 0 Å². The highest BCUT2D eigenvalue weighted by Gasteiger charge is 2.48. The zero-order valence-electron chi connectivity index (χ0n) is 23.8. The number of carbonyl (C=O) groups is 1. The molecule has 0 spiro atoms. The van der Waals surface area contributed by atoms with E-state index in [9.17, 15) is 4.79 Å². The van der Waals surface area contributed by atoms with Gasteiger partial charge in [0.25, 0.3) is 0 Å².